The molecule has 0 bridgehead atoms. The van der Waals surface area contributed by atoms with Crippen LogP contribution in [0.4, 0.5) is 10.3 Å². The molecule has 10 rings (SSSR count). The van der Waals surface area contributed by atoms with Gasteiger partial charge in [-0.3, -0.25) is 14.4 Å². The number of carbonyl (C=O) groups is 1. The minimum atomic E-state index is -0.498. The number of nitrogens with one attached hydrogen (secondary N) is 1. The Morgan fingerprint density at radius 2 is 1.71 bits per heavy atom. The van der Waals surface area contributed by atoms with E-state index >= 15 is 4.39 Å². The van der Waals surface area contributed by atoms with Crippen LogP contribution in [0.25, 0.3) is 5.00 Å². The molecule has 2 aliphatic carbocycles. The fourth-order valence-electron chi connectivity index (χ4n) is 11.0. The molecule has 0 radical (unpaired) electrons. The van der Waals surface area contributed by atoms with Gasteiger partial charge in [-0.05, 0) is 81.7 Å². The summed E-state index contributed by atoms with van der Waals surface area (Å²) in [5, 5.41) is 22.6. The predicted octanol–water partition coefficient (Wildman–Crippen LogP) is 9.27. The van der Waals surface area contributed by atoms with Gasteiger partial charge in [-0.1, -0.05) is 39.3 Å². The molecule has 14 nitrogen and oxygen atoms in total. The molecule has 3 fully saturated rings. The zero-order valence-corrected chi connectivity index (χ0v) is 39.4. The molecule has 17 heteroatoms. The van der Waals surface area contributed by atoms with Crippen LogP contribution in [-0.2, 0) is 6.42 Å². The second-order valence-corrected chi connectivity index (χ2v) is 21.0. The van der Waals surface area contributed by atoms with Gasteiger partial charge in [0.25, 0.3) is 5.91 Å². The Kier molecular flexibility index (Phi) is 10.8. The number of amides is 1. The van der Waals surface area contributed by atoms with Gasteiger partial charge in [0, 0.05) is 70.5 Å². The van der Waals surface area contributed by atoms with Gasteiger partial charge in [-0.25, -0.2) is 19.3 Å². The molecule has 0 unspecified atom stereocenters. The SMILES string of the molecule is Cc1sc2c(c1C)C(c1ccc(OC3CC4(CCN(c5ncc(C(=O)NC6C(C)(C)C(Oc7ccc(C#N)c(Cl)c7)C6(C)C)cn5)CC4)C3)cc1F)=N[C@@H](Cc1ncco1)c1nnc(C)n1-2. The lowest BCUT2D eigenvalue weighted by atomic mass is 9.49. The van der Waals surface area contributed by atoms with Crippen molar-refractivity contribution in [1.82, 2.24) is 35.0 Å². The van der Waals surface area contributed by atoms with Crippen molar-refractivity contribution in [3.63, 3.8) is 0 Å². The minimum absolute atomic E-state index is 0.0148. The van der Waals surface area contributed by atoms with Gasteiger partial charge in [0.1, 0.15) is 52.6 Å². The fraction of sp³-hybridized carbons (Fsp3) is 0.429. The van der Waals surface area contributed by atoms with Crippen LogP contribution in [0.3, 0.4) is 0 Å². The molecule has 340 valence electrons. The number of rotatable bonds is 10. The van der Waals surface area contributed by atoms with Crippen LogP contribution in [-0.4, -0.2) is 72.7 Å². The lowest BCUT2D eigenvalue weighted by Gasteiger charge is -2.63. The number of aromatic nitrogens is 6. The molecule has 4 aromatic heterocycles. The molecule has 2 aromatic carbocycles. The summed E-state index contributed by atoms with van der Waals surface area (Å²) in [5.41, 5.74) is 2.98. The van der Waals surface area contributed by atoms with Crippen LogP contribution in [0.5, 0.6) is 11.5 Å². The molecule has 1 spiro atoms. The van der Waals surface area contributed by atoms with Crippen LogP contribution in [0.1, 0.15) is 114 Å². The quantitative estimate of drug-likeness (QED) is 0.139. The van der Waals surface area contributed by atoms with Crippen LogP contribution in [0.2, 0.25) is 5.02 Å². The molecule has 1 amide bonds. The van der Waals surface area contributed by atoms with Crippen LogP contribution in [0.15, 0.2) is 70.7 Å². The van der Waals surface area contributed by atoms with Crippen LogP contribution >= 0.6 is 22.9 Å². The monoisotopic (exact) mass is 928 g/mol. The van der Waals surface area contributed by atoms with Crippen molar-refractivity contribution in [3.8, 4) is 22.6 Å². The number of thiophene rings is 1. The molecule has 1 saturated heterocycles. The van der Waals surface area contributed by atoms with E-state index in [-0.39, 0.29) is 29.6 Å². The van der Waals surface area contributed by atoms with Gasteiger partial charge >= 0.3 is 0 Å². The molecule has 2 saturated carbocycles. The van der Waals surface area contributed by atoms with Crippen molar-refractivity contribution in [2.24, 2.45) is 21.2 Å². The van der Waals surface area contributed by atoms with E-state index in [1.54, 1.807) is 54.2 Å². The number of nitrogens with zero attached hydrogens (tertiary/aromatic N) is 9. The third-order valence-corrected chi connectivity index (χ3v) is 15.9. The Morgan fingerprint density at radius 1 is 1.00 bits per heavy atom. The normalized spacial score (nSPS) is 21.4. The Morgan fingerprint density at radius 3 is 2.38 bits per heavy atom. The Hall–Kier alpha value is -6.18. The van der Waals surface area contributed by atoms with Gasteiger partial charge in [0.05, 0.1) is 40.6 Å². The van der Waals surface area contributed by atoms with E-state index in [0.29, 0.717) is 63.0 Å². The molecule has 4 aliphatic rings. The molecule has 6 aromatic rings. The first-order chi connectivity index (χ1) is 31.5. The highest BCUT2D eigenvalue weighted by atomic mass is 35.5. The number of piperidine rings is 1. The number of oxazole rings is 1. The van der Waals surface area contributed by atoms with Gasteiger partial charge in [0.2, 0.25) is 5.95 Å². The Bertz CT molecular complexity index is 2910. The van der Waals surface area contributed by atoms with E-state index in [1.165, 1.54) is 12.3 Å². The summed E-state index contributed by atoms with van der Waals surface area (Å²) < 4.78 is 36.8. The molecular weight excluding hydrogens is 879 g/mol. The standard InChI is InChI=1S/C49H50ClFN10O4S/c1-26-27(2)66-43-39(26)40(56-37(20-38-53-14-17-63-38)41-59-58-28(3)61(41)43)34-11-10-32(19-36(34)51)64-33-21-49(22-33)12-15-60(16-13-49)46-54-24-30(25-55-46)42(62)57-44-47(4,5)45(48(44,6)7)65-31-9-8-29(23-52)35(50)18-31/h8-11,14,17-19,24-25,33,37,44-45H,12-13,15-16,20-22H2,1-7H3,(H,57,62)/t37-,44?,45?/m0/s1. The summed E-state index contributed by atoms with van der Waals surface area (Å²) in [6, 6.07) is 11.5. The van der Waals surface area contributed by atoms with Crippen molar-refractivity contribution in [3.05, 3.63) is 122 Å². The number of nitriles is 1. The Balaban J connectivity index is 0.749. The first-order valence-electron chi connectivity index (χ1n) is 22.2. The van der Waals surface area contributed by atoms with Crippen molar-refractivity contribution in [1.29, 1.82) is 5.26 Å². The number of anilines is 1. The number of benzene rings is 2. The second kappa shape index (κ2) is 16.3. The number of ether oxygens (including phenoxy) is 2. The summed E-state index contributed by atoms with van der Waals surface area (Å²) >= 11 is 7.89. The van der Waals surface area contributed by atoms with Crippen LogP contribution < -0.4 is 19.7 Å². The van der Waals surface area contributed by atoms with Crippen molar-refractivity contribution >= 4 is 40.5 Å². The van der Waals surface area contributed by atoms with Crippen molar-refractivity contribution in [2.45, 2.75) is 105 Å². The number of aliphatic imine (C=N–C) groups is 1. The second-order valence-electron chi connectivity index (χ2n) is 19.4. The maximum atomic E-state index is 16.4. The third kappa shape index (κ3) is 7.49. The van der Waals surface area contributed by atoms with Gasteiger partial charge in [0.15, 0.2) is 11.7 Å². The highest BCUT2D eigenvalue weighted by Gasteiger charge is 2.64. The van der Waals surface area contributed by atoms with E-state index in [1.807, 2.05) is 24.5 Å². The number of hydrogen-bond acceptors (Lipinski definition) is 13. The number of aryl methyl sites for hydroxylation is 2. The summed E-state index contributed by atoms with van der Waals surface area (Å²) in [6.45, 7) is 15.9. The highest BCUT2D eigenvalue weighted by Crippen LogP contribution is 2.56. The van der Waals surface area contributed by atoms with Gasteiger partial charge in [-0.2, -0.15) is 5.26 Å². The number of fused-ring (bicyclic) bond motifs is 3. The largest absolute Gasteiger partial charge is 0.490 e. The molecule has 1 atom stereocenters. The molecule has 2 aliphatic heterocycles. The zero-order valence-electron chi connectivity index (χ0n) is 37.9. The zero-order chi connectivity index (χ0) is 46.3. The van der Waals surface area contributed by atoms with E-state index < -0.39 is 22.7 Å². The lowest BCUT2D eigenvalue weighted by Crippen LogP contribution is -2.74. The fourth-order valence-corrected chi connectivity index (χ4v) is 12.4. The molecular formula is C49H50ClFN10O4S. The van der Waals surface area contributed by atoms with Gasteiger partial charge < -0.3 is 24.1 Å². The van der Waals surface area contributed by atoms with E-state index in [2.05, 4.69) is 76.1 Å². The first kappa shape index (κ1) is 43.7. The topological polar surface area (TPSA) is 169 Å². The van der Waals surface area contributed by atoms with E-state index in [4.69, 9.17) is 30.5 Å². The van der Waals surface area contributed by atoms with E-state index in [9.17, 15) is 10.1 Å². The molecule has 66 heavy (non-hydrogen) atoms. The Labute approximate surface area is 391 Å². The predicted molar refractivity (Wildman–Crippen MR) is 247 cm³/mol. The van der Waals surface area contributed by atoms with Gasteiger partial charge in [-0.15, -0.1) is 21.5 Å². The number of carbonyl (C=O) groups excluding carboxylic acids is 1. The van der Waals surface area contributed by atoms with E-state index in [0.717, 1.165) is 65.6 Å². The molecule has 6 heterocycles. The van der Waals surface area contributed by atoms with Crippen molar-refractivity contribution in [2.75, 3.05) is 18.0 Å². The summed E-state index contributed by atoms with van der Waals surface area (Å²) in [5.74, 6) is 2.93. The average molecular weight is 930 g/mol. The number of halogens is 2. The summed E-state index contributed by atoms with van der Waals surface area (Å²) in [6.07, 6.45) is 10.1. The lowest BCUT2D eigenvalue weighted by molar-refractivity contribution is -0.164. The average Bonchev–Trinajstić information content (AvgIpc) is 3.99. The smallest absolute Gasteiger partial charge is 0.254 e. The summed E-state index contributed by atoms with van der Waals surface area (Å²) in [4.78, 5) is 35.6. The van der Waals surface area contributed by atoms with Crippen molar-refractivity contribution < 1.29 is 23.1 Å². The number of hydrogen-bond donors (Lipinski definition) is 1. The highest BCUT2D eigenvalue weighted by molar-refractivity contribution is 7.15. The third-order valence-electron chi connectivity index (χ3n) is 14.3. The summed E-state index contributed by atoms with van der Waals surface area (Å²) in [7, 11) is 0. The maximum absolute atomic E-state index is 16.4. The maximum Gasteiger partial charge on any atom is 0.254 e. The van der Waals surface area contributed by atoms with Crippen LogP contribution in [0, 0.1) is 54.2 Å². The first-order valence-corrected chi connectivity index (χ1v) is 23.4. The molecule has 1 N–H and O–H groups in total. The minimum Gasteiger partial charge on any atom is -0.490 e.